The molecular weight excluding hydrogens is 1540 g/mol. The monoisotopic (exact) mass is 1650 g/mol. The zero-order valence-corrected chi connectivity index (χ0v) is 74.2. The van der Waals surface area contributed by atoms with Crippen molar-refractivity contribution < 1.29 is 14.2 Å². The molecule has 0 saturated heterocycles. The highest BCUT2D eigenvalue weighted by molar-refractivity contribution is 7.27. The van der Waals surface area contributed by atoms with Crippen molar-refractivity contribution in [1.82, 2.24) is 26.2 Å². The van der Waals surface area contributed by atoms with E-state index in [9.17, 15) is 0 Å². The van der Waals surface area contributed by atoms with Crippen molar-refractivity contribution in [3.63, 3.8) is 0 Å². The molecule has 3 aliphatic rings. The van der Waals surface area contributed by atoms with Crippen molar-refractivity contribution in [2.75, 3.05) is 0 Å². The van der Waals surface area contributed by atoms with Crippen LogP contribution >= 0.6 is 103 Å². The third kappa shape index (κ3) is 17.7. The SMILES string of the molecule is CCCCCCCCC1(CCCCCCCC)Oc2cc(-c3ccc(-c4cc5c(s4)-c4sc(-c6ccc(-c7cc8c(s7)-c7sccc7OC8(CCCCCCCC)CCCCCCCC)c7nsnc67)cc4OC5(CCCCCCCC)CCCCCCCC)c4nsnc34)sc2-c2sc(-c3cccc4nsnc34)cc21. The zero-order chi connectivity index (χ0) is 76.0. The van der Waals surface area contributed by atoms with Gasteiger partial charge in [0.15, 0.2) is 0 Å². The van der Waals surface area contributed by atoms with Gasteiger partial charge in [-0.25, -0.2) is 0 Å². The summed E-state index contributed by atoms with van der Waals surface area (Å²) in [7, 11) is 0. The molecule has 111 heavy (non-hydrogen) atoms. The fraction of sp³-hybridized carbons (Fsp3) is 0.548. The summed E-state index contributed by atoms with van der Waals surface area (Å²) in [5, 5.41) is 2.24. The highest BCUT2D eigenvalue weighted by atomic mass is 32.1. The molecule has 12 aromatic rings. The number of benzene rings is 3. The van der Waals surface area contributed by atoms with E-state index >= 15 is 0 Å². The Kier molecular flexibility index (Phi) is 28.2. The molecule has 0 N–H and O–H groups in total. The first-order valence-electron chi connectivity index (χ1n) is 43.3. The Morgan fingerprint density at radius 1 is 0.261 bits per heavy atom. The van der Waals surface area contributed by atoms with Gasteiger partial charge in [-0.3, -0.25) is 0 Å². The van der Waals surface area contributed by atoms with Gasteiger partial charge in [0.25, 0.3) is 0 Å². The van der Waals surface area contributed by atoms with Gasteiger partial charge in [0.05, 0.1) is 64.4 Å². The van der Waals surface area contributed by atoms with Gasteiger partial charge < -0.3 is 14.2 Å². The number of fused-ring (bicyclic) bond motifs is 12. The summed E-state index contributed by atoms with van der Waals surface area (Å²) in [5.74, 6) is 3.10. The van der Waals surface area contributed by atoms with E-state index in [2.05, 4.69) is 126 Å². The molecule has 12 heterocycles. The summed E-state index contributed by atoms with van der Waals surface area (Å²) in [6.45, 7) is 13.9. The molecule has 15 rings (SSSR count). The quantitative estimate of drug-likeness (QED) is 0.0345. The van der Waals surface area contributed by atoms with E-state index in [1.54, 1.807) is 0 Å². The molecule has 0 saturated carbocycles. The number of ether oxygens (including phenoxy) is 3. The summed E-state index contributed by atoms with van der Waals surface area (Å²) < 4.78 is 53.7. The largest absolute Gasteiger partial charge is 0.481 e. The number of nitrogens with zero attached hydrogens (tertiary/aromatic N) is 6. The summed E-state index contributed by atoms with van der Waals surface area (Å²) in [6, 6.07) is 30.5. The van der Waals surface area contributed by atoms with Crippen molar-refractivity contribution in [2.45, 2.75) is 328 Å². The van der Waals surface area contributed by atoms with Crippen LogP contribution in [0, 0.1) is 0 Å². The van der Waals surface area contributed by atoms with Gasteiger partial charge in [0.2, 0.25) is 0 Å². The summed E-state index contributed by atoms with van der Waals surface area (Å²) in [5.41, 5.74) is 14.4. The Bertz CT molecular complexity index is 4920. The molecule has 0 bridgehead atoms. The van der Waals surface area contributed by atoms with Crippen LogP contribution in [0.15, 0.2) is 84.2 Å². The first-order chi connectivity index (χ1) is 54.7. The molecule has 3 aliphatic heterocycles. The predicted octanol–water partition coefficient (Wildman–Crippen LogP) is 33.7. The number of hydrogen-bond donors (Lipinski definition) is 0. The molecule has 0 atom stereocenters. The van der Waals surface area contributed by atoms with Crippen LogP contribution in [0.5, 0.6) is 17.2 Å². The minimum atomic E-state index is -0.477. The van der Waals surface area contributed by atoms with Crippen LogP contribution in [0.3, 0.4) is 0 Å². The Hall–Kier alpha value is -5.28. The first-order valence-corrected chi connectivity index (χ1v) is 50.5. The number of aromatic nitrogens is 6. The Morgan fingerprint density at radius 3 is 0.892 bits per heavy atom. The molecule has 0 amide bonds. The highest BCUT2D eigenvalue weighted by Crippen LogP contribution is 2.63. The Morgan fingerprint density at radius 2 is 0.541 bits per heavy atom. The topological polar surface area (TPSA) is 105 Å². The standard InChI is InChI=1S/C93H116N6O3S9/c1-7-13-19-25-31-37-51-91(52-38-32-26-20-14-8-2)68-58-76(104-85(68)88-72(100-91)50-57-103-88)64-46-48-66(83-81(64)96-110-98-83)79-62-74-90(108-79)87-70(93(102-74,55-41-35-29-23-17-11-5)56-42-36-30-24-18-12-6)60-77(106-87)65-47-49-67(84-82(65)97-111-99-84)78-61-73-89(107-78)86-69(59-75(105-86)63-44-43-45-71-80(63)95-109-94-71)92(101-73,53-39-33-27-21-15-9-3)54-40-34-28-22-16-10-4/h43-50,57-62H,7-42,51-56H2,1-6H3. The van der Waals surface area contributed by atoms with Crippen LogP contribution in [0.25, 0.3) is 115 Å². The lowest BCUT2D eigenvalue weighted by molar-refractivity contribution is 0.0395. The molecule has 3 aromatic carbocycles. The highest BCUT2D eigenvalue weighted by Gasteiger charge is 2.47. The lowest BCUT2D eigenvalue weighted by Gasteiger charge is -2.38. The fourth-order valence-electron chi connectivity index (χ4n) is 18.1. The second-order valence-corrected chi connectivity index (χ2v) is 40.1. The third-order valence-electron chi connectivity index (χ3n) is 24.3. The molecule has 0 unspecified atom stereocenters. The van der Waals surface area contributed by atoms with E-state index in [1.165, 1.54) is 311 Å². The van der Waals surface area contributed by atoms with Crippen molar-refractivity contribution in [2.24, 2.45) is 0 Å². The van der Waals surface area contributed by atoms with Crippen LogP contribution in [0.4, 0.5) is 0 Å². The lowest BCUT2D eigenvalue weighted by Crippen LogP contribution is -2.35. The number of unbranched alkanes of at least 4 members (excludes halogenated alkanes) is 30. The average molecular weight is 1650 g/mol. The normalized spacial score (nSPS) is 14.4. The second-order valence-electron chi connectivity index (χ2n) is 32.4. The van der Waals surface area contributed by atoms with Crippen LogP contribution in [0.1, 0.15) is 328 Å². The number of rotatable bonds is 47. The molecule has 590 valence electrons. The Labute approximate surface area is 698 Å². The van der Waals surface area contributed by atoms with Gasteiger partial charge in [0.1, 0.15) is 67.2 Å². The summed E-state index contributed by atoms with van der Waals surface area (Å²) in [6.07, 6.45) is 51.2. The van der Waals surface area contributed by atoms with Crippen LogP contribution in [-0.4, -0.2) is 26.2 Å². The van der Waals surface area contributed by atoms with Gasteiger partial charge in [0, 0.05) is 68.9 Å². The van der Waals surface area contributed by atoms with Gasteiger partial charge in [-0.2, -0.15) is 26.2 Å². The van der Waals surface area contributed by atoms with Crippen molar-refractivity contribution in [1.29, 1.82) is 0 Å². The summed E-state index contributed by atoms with van der Waals surface area (Å²) in [4.78, 5) is 13.9. The van der Waals surface area contributed by atoms with E-state index in [4.69, 9.17) is 40.5 Å². The van der Waals surface area contributed by atoms with Crippen molar-refractivity contribution >= 4 is 136 Å². The van der Waals surface area contributed by atoms with Crippen LogP contribution in [0.2, 0.25) is 0 Å². The van der Waals surface area contributed by atoms with Gasteiger partial charge in [-0.15, -0.1) is 68.0 Å². The minimum absolute atomic E-state index is 0.344. The molecule has 0 radical (unpaired) electrons. The molecular formula is C93H116N6O3S9. The second kappa shape index (κ2) is 38.7. The smallest absolute Gasteiger partial charge is 0.140 e. The lowest BCUT2D eigenvalue weighted by atomic mass is 9.81. The maximum absolute atomic E-state index is 7.92. The molecule has 18 heteroatoms. The van der Waals surface area contributed by atoms with Crippen LogP contribution in [-0.2, 0) is 16.8 Å². The molecule has 9 aromatic heterocycles. The van der Waals surface area contributed by atoms with E-state index in [-0.39, 0.29) is 5.60 Å². The predicted molar refractivity (Wildman–Crippen MR) is 485 cm³/mol. The summed E-state index contributed by atoms with van der Waals surface area (Å²) >= 11 is 15.4. The number of thiophene rings is 6. The fourth-order valence-corrected chi connectivity index (χ4v) is 27.1. The molecule has 0 spiro atoms. The third-order valence-corrected chi connectivity index (χ3v) is 33.1. The number of hydrogen-bond acceptors (Lipinski definition) is 18. The van der Waals surface area contributed by atoms with Gasteiger partial charge in [-0.1, -0.05) is 271 Å². The molecule has 0 aliphatic carbocycles. The van der Waals surface area contributed by atoms with E-state index in [0.29, 0.717) is 0 Å². The van der Waals surface area contributed by atoms with E-state index < -0.39 is 11.2 Å². The zero-order valence-electron chi connectivity index (χ0n) is 66.9. The Balaban J connectivity index is 0.791. The maximum atomic E-state index is 7.92. The van der Waals surface area contributed by atoms with Crippen LogP contribution < -0.4 is 14.2 Å². The maximum Gasteiger partial charge on any atom is 0.140 e. The van der Waals surface area contributed by atoms with Gasteiger partial charge in [-0.05, 0) is 125 Å². The first kappa shape index (κ1) is 80.9. The molecule has 0 fully saturated rings. The van der Waals surface area contributed by atoms with E-state index in [1.807, 2.05) is 68.0 Å². The van der Waals surface area contributed by atoms with Crippen molar-refractivity contribution in [3.05, 3.63) is 101 Å². The minimum Gasteiger partial charge on any atom is -0.481 e. The van der Waals surface area contributed by atoms with E-state index in [0.717, 1.165) is 142 Å². The average Bonchev–Trinajstić information content (AvgIpc) is 1.58. The van der Waals surface area contributed by atoms with Crippen molar-refractivity contribution in [3.8, 4) is 98.7 Å². The van der Waals surface area contributed by atoms with Gasteiger partial charge >= 0.3 is 0 Å². The molecule has 9 nitrogen and oxygen atoms in total.